The first-order valence-electron chi connectivity index (χ1n) is 9.97. The van der Waals surface area contributed by atoms with Crippen molar-refractivity contribution in [3.8, 4) is 0 Å². The van der Waals surface area contributed by atoms with Gasteiger partial charge in [-0.3, -0.25) is 9.59 Å². The number of carbonyl (C=O) groups excluding carboxylic acids is 2. The molecule has 0 radical (unpaired) electrons. The average molecular weight is 378 g/mol. The van der Waals surface area contributed by atoms with Crippen molar-refractivity contribution in [1.29, 1.82) is 0 Å². The molecule has 0 unspecified atom stereocenters. The molecule has 146 valence electrons. The van der Waals surface area contributed by atoms with Crippen molar-refractivity contribution in [3.05, 3.63) is 54.1 Å². The van der Waals surface area contributed by atoms with Crippen LogP contribution in [0.5, 0.6) is 0 Å². The normalized spacial score (nSPS) is 15.9. The Morgan fingerprint density at radius 3 is 2.18 bits per heavy atom. The average Bonchev–Trinajstić information content (AvgIpc) is 3.36. The fourth-order valence-electron chi connectivity index (χ4n) is 3.35. The Hall–Kier alpha value is -3.02. The van der Waals surface area contributed by atoms with Crippen LogP contribution in [-0.4, -0.2) is 37.5 Å². The molecule has 1 saturated carbocycles. The predicted molar refractivity (Wildman–Crippen MR) is 112 cm³/mol. The van der Waals surface area contributed by atoms with Gasteiger partial charge in [0, 0.05) is 41.8 Å². The summed E-state index contributed by atoms with van der Waals surface area (Å²) in [5, 5.41) is 8.95. The minimum Gasteiger partial charge on any atom is -0.376 e. The van der Waals surface area contributed by atoms with Crippen LogP contribution in [0.15, 0.2) is 48.5 Å². The number of nitrogens with zero attached hydrogens (tertiary/aromatic N) is 1. The Morgan fingerprint density at radius 2 is 1.54 bits per heavy atom. The zero-order valence-corrected chi connectivity index (χ0v) is 15.9. The molecule has 1 aliphatic carbocycles. The number of anilines is 3. The van der Waals surface area contributed by atoms with E-state index in [1.54, 1.807) is 12.1 Å². The molecule has 2 aromatic rings. The van der Waals surface area contributed by atoms with Crippen LogP contribution in [0.3, 0.4) is 0 Å². The molecule has 1 aliphatic heterocycles. The van der Waals surface area contributed by atoms with E-state index in [1.165, 1.54) is 18.5 Å². The van der Waals surface area contributed by atoms with Crippen molar-refractivity contribution >= 4 is 28.9 Å². The Morgan fingerprint density at radius 1 is 0.893 bits per heavy atom. The lowest BCUT2D eigenvalue weighted by Crippen LogP contribution is -2.25. The molecule has 6 nitrogen and oxygen atoms in total. The van der Waals surface area contributed by atoms with E-state index >= 15 is 0 Å². The summed E-state index contributed by atoms with van der Waals surface area (Å²) >= 11 is 0. The third kappa shape index (κ3) is 4.82. The molecule has 1 heterocycles. The zero-order valence-electron chi connectivity index (χ0n) is 15.9. The van der Waals surface area contributed by atoms with Crippen LogP contribution in [0, 0.1) is 0 Å². The molecular formula is C22H26N4O2. The smallest absolute Gasteiger partial charge is 0.251 e. The minimum absolute atomic E-state index is 0.0378. The van der Waals surface area contributed by atoms with Crippen molar-refractivity contribution < 1.29 is 9.59 Å². The number of amides is 2. The number of hydrogen-bond acceptors (Lipinski definition) is 4. The molecule has 2 aromatic carbocycles. The van der Waals surface area contributed by atoms with Gasteiger partial charge in [-0.2, -0.15) is 0 Å². The summed E-state index contributed by atoms with van der Waals surface area (Å²) in [5.74, 6) is -0.145. The maximum absolute atomic E-state index is 12.2. The highest BCUT2D eigenvalue weighted by atomic mass is 16.2. The summed E-state index contributed by atoms with van der Waals surface area (Å²) < 4.78 is 0. The highest BCUT2D eigenvalue weighted by Gasteiger charge is 2.23. The maximum atomic E-state index is 12.2. The van der Waals surface area contributed by atoms with E-state index in [4.69, 9.17) is 0 Å². The summed E-state index contributed by atoms with van der Waals surface area (Å²) in [7, 11) is 0. The highest BCUT2D eigenvalue weighted by Crippen LogP contribution is 2.22. The number of hydrogen-bond donors (Lipinski definition) is 3. The van der Waals surface area contributed by atoms with Crippen LogP contribution < -0.4 is 20.9 Å². The van der Waals surface area contributed by atoms with Crippen LogP contribution in [0.2, 0.25) is 0 Å². The van der Waals surface area contributed by atoms with Gasteiger partial charge in [0.25, 0.3) is 5.91 Å². The lowest BCUT2D eigenvalue weighted by molar-refractivity contribution is -0.114. The minimum atomic E-state index is -0.107. The van der Waals surface area contributed by atoms with Gasteiger partial charge < -0.3 is 20.9 Å². The third-order valence-corrected chi connectivity index (χ3v) is 5.13. The van der Waals surface area contributed by atoms with E-state index in [2.05, 4.69) is 33.0 Å². The van der Waals surface area contributed by atoms with Gasteiger partial charge in [-0.15, -0.1) is 0 Å². The third-order valence-electron chi connectivity index (χ3n) is 5.13. The Balaban J connectivity index is 1.24. The van der Waals surface area contributed by atoms with Gasteiger partial charge >= 0.3 is 0 Å². The van der Waals surface area contributed by atoms with Crippen molar-refractivity contribution in [2.24, 2.45) is 0 Å². The molecule has 0 bridgehead atoms. The van der Waals surface area contributed by atoms with Crippen molar-refractivity contribution in [2.75, 3.05) is 35.2 Å². The summed E-state index contributed by atoms with van der Waals surface area (Å²) in [6, 6.07) is 15.5. The summed E-state index contributed by atoms with van der Waals surface area (Å²) in [4.78, 5) is 26.5. The largest absolute Gasteiger partial charge is 0.376 e. The fraction of sp³-hybridized carbons (Fsp3) is 0.364. The lowest BCUT2D eigenvalue weighted by Gasteiger charge is -2.17. The molecule has 2 amide bonds. The van der Waals surface area contributed by atoms with E-state index in [9.17, 15) is 9.59 Å². The van der Waals surface area contributed by atoms with Gasteiger partial charge in [-0.05, 0) is 74.2 Å². The predicted octanol–water partition coefficient (Wildman–Crippen LogP) is 3.23. The Labute approximate surface area is 165 Å². The lowest BCUT2D eigenvalue weighted by atomic mass is 10.2. The quantitative estimate of drug-likeness (QED) is 0.692. The molecule has 2 aliphatic rings. The first kappa shape index (κ1) is 18.3. The molecule has 0 aromatic heterocycles. The second-order valence-corrected chi connectivity index (χ2v) is 7.47. The van der Waals surface area contributed by atoms with Crippen LogP contribution >= 0.6 is 0 Å². The SMILES string of the molecule is O=C(CNc1ccc(C(=O)NC2CC2)cc1)Nc1ccc(N2CCCC2)cc1. The van der Waals surface area contributed by atoms with E-state index in [-0.39, 0.29) is 18.4 Å². The van der Waals surface area contributed by atoms with Crippen molar-refractivity contribution in [2.45, 2.75) is 31.7 Å². The van der Waals surface area contributed by atoms with Crippen LogP contribution in [0.1, 0.15) is 36.0 Å². The van der Waals surface area contributed by atoms with Gasteiger partial charge in [-0.1, -0.05) is 0 Å². The summed E-state index contributed by atoms with van der Waals surface area (Å²) in [5.41, 5.74) is 3.45. The van der Waals surface area contributed by atoms with Crippen LogP contribution in [0.4, 0.5) is 17.1 Å². The van der Waals surface area contributed by atoms with Gasteiger partial charge in [0.05, 0.1) is 6.54 Å². The van der Waals surface area contributed by atoms with Gasteiger partial charge in [0.1, 0.15) is 0 Å². The molecular weight excluding hydrogens is 352 g/mol. The second-order valence-electron chi connectivity index (χ2n) is 7.47. The zero-order chi connectivity index (χ0) is 19.3. The topological polar surface area (TPSA) is 73.5 Å². The number of benzene rings is 2. The molecule has 0 atom stereocenters. The second kappa shape index (κ2) is 8.33. The monoisotopic (exact) mass is 378 g/mol. The first-order chi connectivity index (χ1) is 13.7. The number of nitrogens with one attached hydrogen (secondary N) is 3. The van der Waals surface area contributed by atoms with E-state index < -0.39 is 0 Å². The molecule has 4 rings (SSSR count). The van der Waals surface area contributed by atoms with Gasteiger partial charge in [-0.25, -0.2) is 0 Å². The molecule has 0 spiro atoms. The highest BCUT2D eigenvalue weighted by molar-refractivity contribution is 5.95. The Bertz CT molecular complexity index is 823. The summed E-state index contributed by atoms with van der Waals surface area (Å²) in [6.07, 6.45) is 4.63. The van der Waals surface area contributed by atoms with Crippen molar-refractivity contribution in [1.82, 2.24) is 5.32 Å². The van der Waals surface area contributed by atoms with Crippen LogP contribution in [0.25, 0.3) is 0 Å². The van der Waals surface area contributed by atoms with E-state index in [0.29, 0.717) is 11.6 Å². The Kier molecular flexibility index (Phi) is 5.46. The van der Waals surface area contributed by atoms with Gasteiger partial charge in [0.15, 0.2) is 0 Å². The molecule has 3 N–H and O–H groups in total. The molecule has 1 saturated heterocycles. The molecule has 2 fully saturated rings. The van der Waals surface area contributed by atoms with Crippen LogP contribution in [-0.2, 0) is 4.79 Å². The molecule has 6 heteroatoms. The van der Waals surface area contributed by atoms with Crippen molar-refractivity contribution in [3.63, 3.8) is 0 Å². The number of rotatable bonds is 7. The van der Waals surface area contributed by atoms with E-state index in [0.717, 1.165) is 37.3 Å². The summed E-state index contributed by atoms with van der Waals surface area (Å²) in [6.45, 7) is 2.38. The number of carbonyl (C=O) groups is 2. The maximum Gasteiger partial charge on any atom is 0.251 e. The standard InChI is InChI=1S/C22H26N4O2/c27-21(24-18-9-11-20(12-10-18)26-13-1-2-14-26)15-23-17-5-3-16(4-6-17)22(28)25-19-7-8-19/h3-6,9-12,19,23H,1-2,7-8,13-15H2,(H,24,27)(H,25,28). The first-order valence-corrected chi connectivity index (χ1v) is 9.97. The van der Waals surface area contributed by atoms with E-state index in [1.807, 2.05) is 24.3 Å². The van der Waals surface area contributed by atoms with Gasteiger partial charge in [0.2, 0.25) is 5.91 Å². The fourth-order valence-corrected chi connectivity index (χ4v) is 3.35. The molecule has 28 heavy (non-hydrogen) atoms.